The summed E-state index contributed by atoms with van der Waals surface area (Å²) in [7, 11) is 0. The highest BCUT2D eigenvalue weighted by molar-refractivity contribution is 7.08. The number of anilines is 1. The molecule has 1 aromatic carbocycles. The first kappa shape index (κ1) is 9.73. The molecule has 0 spiro atoms. The molecule has 0 bridgehead atoms. The number of amides is 1. The van der Waals surface area contributed by atoms with Gasteiger partial charge in [-0.25, -0.2) is 0 Å². The Balaban J connectivity index is 2.59. The van der Waals surface area contributed by atoms with Crippen LogP contribution in [-0.4, -0.2) is 5.91 Å². The fourth-order valence-corrected chi connectivity index (χ4v) is 2.28. The molecular weight excluding hydrogens is 208 g/mol. The Hall–Kier alpha value is -1.81. The summed E-state index contributed by atoms with van der Waals surface area (Å²) in [5, 5.41) is 3.62. The van der Waals surface area contributed by atoms with Crippen LogP contribution in [0.25, 0.3) is 11.1 Å². The van der Waals surface area contributed by atoms with Gasteiger partial charge in [0.05, 0.1) is 5.56 Å². The molecular formula is C11H10N2OS. The number of hydrogen-bond acceptors (Lipinski definition) is 3. The Kier molecular flexibility index (Phi) is 2.43. The lowest BCUT2D eigenvalue weighted by Crippen LogP contribution is -2.10. The van der Waals surface area contributed by atoms with Gasteiger partial charge in [-0.1, -0.05) is 18.2 Å². The van der Waals surface area contributed by atoms with Gasteiger partial charge in [-0.3, -0.25) is 4.79 Å². The van der Waals surface area contributed by atoms with E-state index in [1.165, 1.54) is 11.3 Å². The fraction of sp³-hybridized carbons (Fsp3) is 0. The largest absolute Gasteiger partial charge is 0.398 e. The summed E-state index contributed by atoms with van der Waals surface area (Å²) in [5.41, 5.74) is 13.9. The number of carbonyl (C=O) groups is 1. The van der Waals surface area contributed by atoms with E-state index in [9.17, 15) is 4.79 Å². The lowest BCUT2D eigenvalue weighted by Gasteiger charge is -2.04. The van der Waals surface area contributed by atoms with Crippen molar-refractivity contribution in [1.82, 2.24) is 0 Å². The molecule has 0 saturated heterocycles. The van der Waals surface area contributed by atoms with Crippen molar-refractivity contribution >= 4 is 22.9 Å². The number of nitrogens with two attached hydrogens (primary N) is 2. The van der Waals surface area contributed by atoms with Crippen LogP contribution in [0.1, 0.15) is 10.4 Å². The van der Waals surface area contributed by atoms with Crippen LogP contribution >= 0.6 is 11.3 Å². The summed E-state index contributed by atoms with van der Waals surface area (Å²) in [6, 6.07) is 7.42. The lowest BCUT2D eigenvalue weighted by molar-refractivity contribution is 0.100. The quantitative estimate of drug-likeness (QED) is 0.758. The van der Waals surface area contributed by atoms with Gasteiger partial charge in [0.15, 0.2) is 0 Å². The summed E-state index contributed by atoms with van der Waals surface area (Å²) in [5.74, 6) is -0.422. The molecule has 3 nitrogen and oxygen atoms in total. The van der Waals surface area contributed by atoms with Crippen LogP contribution in [-0.2, 0) is 0 Å². The van der Waals surface area contributed by atoms with E-state index in [0.717, 1.165) is 11.1 Å². The maximum Gasteiger partial charge on any atom is 0.250 e. The first-order valence-corrected chi connectivity index (χ1v) is 5.35. The zero-order valence-electron chi connectivity index (χ0n) is 7.94. The van der Waals surface area contributed by atoms with Gasteiger partial charge in [-0.05, 0) is 11.4 Å². The minimum absolute atomic E-state index is 0.422. The van der Waals surface area contributed by atoms with Crippen LogP contribution in [0.15, 0.2) is 35.0 Å². The van der Waals surface area contributed by atoms with Gasteiger partial charge in [-0.15, -0.1) is 0 Å². The van der Waals surface area contributed by atoms with Crippen LogP contribution in [0.2, 0.25) is 0 Å². The molecule has 0 aliphatic carbocycles. The van der Waals surface area contributed by atoms with E-state index in [2.05, 4.69) is 0 Å². The first-order valence-electron chi connectivity index (χ1n) is 4.41. The van der Waals surface area contributed by atoms with E-state index in [-0.39, 0.29) is 0 Å². The SMILES string of the molecule is NC(=O)c1cscc1-c1ccccc1N. The molecule has 1 heterocycles. The molecule has 2 rings (SSSR count). The summed E-state index contributed by atoms with van der Waals surface area (Å²) >= 11 is 1.44. The summed E-state index contributed by atoms with van der Waals surface area (Å²) in [6.07, 6.45) is 0. The van der Waals surface area contributed by atoms with Crippen molar-refractivity contribution in [2.45, 2.75) is 0 Å². The number of para-hydroxylation sites is 1. The average molecular weight is 218 g/mol. The number of carbonyl (C=O) groups excluding carboxylic acids is 1. The molecule has 2 aromatic rings. The topological polar surface area (TPSA) is 69.1 Å². The standard InChI is InChI=1S/C11H10N2OS/c12-10-4-2-1-3-7(10)8-5-15-6-9(8)11(13)14/h1-6H,12H2,(H2,13,14). The molecule has 1 amide bonds. The van der Waals surface area contributed by atoms with Crippen molar-refractivity contribution in [2.75, 3.05) is 5.73 Å². The first-order chi connectivity index (χ1) is 7.20. The maximum absolute atomic E-state index is 11.2. The van der Waals surface area contributed by atoms with E-state index in [1.54, 1.807) is 11.4 Å². The second-order valence-corrected chi connectivity index (χ2v) is 3.89. The number of primary amides is 1. The van der Waals surface area contributed by atoms with E-state index in [0.29, 0.717) is 11.3 Å². The molecule has 0 radical (unpaired) electrons. The van der Waals surface area contributed by atoms with Crippen molar-refractivity contribution in [3.63, 3.8) is 0 Å². The zero-order valence-corrected chi connectivity index (χ0v) is 8.75. The summed E-state index contributed by atoms with van der Waals surface area (Å²) < 4.78 is 0. The normalized spacial score (nSPS) is 10.1. The van der Waals surface area contributed by atoms with E-state index in [1.807, 2.05) is 23.6 Å². The van der Waals surface area contributed by atoms with Gasteiger partial charge >= 0.3 is 0 Å². The Bertz CT molecular complexity index is 505. The molecule has 4 N–H and O–H groups in total. The predicted molar refractivity (Wildman–Crippen MR) is 62.7 cm³/mol. The van der Waals surface area contributed by atoms with E-state index < -0.39 is 5.91 Å². The number of benzene rings is 1. The van der Waals surface area contributed by atoms with Crippen molar-refractivity contribution < 1.29 is 4.79 Å². The van der Waals surface area contributed by atoms with Crippen LogP contribution < -0.4 is 11.5 Å². The highest BCUT2D eigenvalue weighted by Gasteiger charge is 2.12. The van der Waals surface area contributed by atoms with Crippen molar-refractivity contribution in [3.8, 4) is 11.1 Å². The average Bonchev–Trinajstić information content (AvgIpc) is 2.67. The molecule has 76 valence electrons. The molecule has 0 fully saturated rings. The number of nitrogen functional groups attached to an aromatic ring is 1. The van der Waals surface area contributed by atoms with Crippen LogP contribution in [0, 0.1) is 0 Å². The third-order valence-corrected chi connectivity index (χ3v) is 2.92. The predicted octanol–water partition coefficient (Wildman–Crippen LogP) is 2.10. The van der Waals surface area contributed by atoms with E-state index >= 15 is 0 Å². The molecule has 0 aliphatic rings. The Morgan fingerprint density at radius 1 is 1.13 bits per heavy atom. The molecule has 0 aliphatic heterocycles. The van der Waals surface area contributed by atoms with Gasteiger partial charge in [0.1, 0.15) is 0 Å². The molecule has 0 unspecified atom stereocenters. The molecule has 0 atom stereocenters. The maximum atomic E-state index is 11.2. The Morgan fingerprint density at radius 2 is 1.87 bits per heavy atom. The van der Waals surface area contributed by atoms with Crippen LogP contribution in [0.4, 0.5) is 5.69 Å². The number of hydrogen-bond donors (Lipinski definition) is 2. The van der Waals surface area contributed by atoms with Crippen LogP contribution in [0.3, 0.4) is 0 Å². The monoisotopic (exact) mass is 218 g/mol. The highest BCUT2D eigenvalue weighted by atomic mass is 32.1. The molecule has 15 heavy (non-hydrogen) atoms. The fourth-order valence-electron chi connectivity index (χ4n) is 1.44. The third kappa shape index (κ3) is 1.71. The summed E-state index contributed by atoms with van der Waals surface area (Å²) in [6.45, 7) is 0. The Morgan fingerprint density at radius 3 is 2.53 bits per heavy atom. The molecule has 0 saturated carbocycles. The second-order valence-electron chi connectivity index (χ2n) is 3.15. The third-order valence-electron chi connectivity index (χ3n) is 2.18. The Labute approximate surface area is 91.3 Å². The minimum atomic E-state index is -0.422. The van der Waals surface area contributed by atoms with Gasteiger partial charge in [0, 0.05) is 22.2 Å². The van der Waals surface area contributed by atoms with Gasteiger partial charge in [0.25, 0.3) is 0 Å². The van der Waals surface area contributed by atoms with Crippen molar-refractivity contribution in [2.24, 2.45) is 5.73 Å². The van der Waals surface area contributed by atoms with Gasteiger partial charge < -0.3 is 11.5 Å². The minimum Gasteiger partial charge on any atom is -0.398 e. The zero-order chi connectivity index (χ0) is 10.8. The van der Waals surface area contributed by atoms with Crippen molar-refractivity contribution in [3.05, 3.63) is 40.6 Å². The number of thiophene rings is 1. The highest BCUT2D eigenvalue weighted by Crippen LogP contribution is 2.31. The lowest BCUT2D eigenvalue weighted by atomic mass is 10.0. The van der Waals surface area contributed by atoms with Crippen molar-refractivity contribution in [1.29, 1.82) is 0 Å². The summed E-state index contributed by atoms with van der Waals surface area (Å²) in [4.78, 5) is 11.2. The smallest absolute Gasteiger partial charge is 0.250 e. The van der Waals surface area contributed by atoms with Crippen LogP contribution in [0.5, 0.6) is 0 Å². The van der Waals surface area contributed by atoms with Gasteiger partial charge in [-0.2, -0.15) is 11.3 Å². The second kappa shape index (κ2) is 3.74. The van der Waals surface area contributed by atoms with E-state index in [4.69, 9.17) is 11.5 Å². The number of rotatable bonds is 2. The molecule has 1 aromatic heterocycles. The molecule has 4 heteroatoms. The van der Waals surface area contributed by atoms with Gasteiger partial charge in [0.2, 0.25) is 5.91 Å².